The molecule has 5 nitrogen and oxygen atoms in total. The lowest BCUT2D eigenvalue weighted by atomic mass is 10.2. The summed E-state index contributed by atoms with van der Waals surface area (Å²) in [5, 5.41) is 0. The molecule has 124 valence electrons. The highest BCUT2D eigenvalue weighted by Gasteiger charge is 2.16. The van der Waals surface area contributed by atoms with Gasteiger partial charge < -0.3 is 4.57 Å². The fourth-order valence-corrected chi connectivity index (χ4v) is 4.66. The van der Waals surface area contributed by atoms with Gasteiger partial charge in [-0.3, -0.25) is 9.52 Å². The van der Waals surface area contributed by atoms with Gasteiger partial charge in [0.05, 0.1) is 10.9 Å². The minimum Gasteiger partial charge on any atom is -0.311 e. The van der Waals surface area contributed by atoms with E-state index >= 15 is 0 Å². The lowest BCUT2D eigenvalue weighted by Gasteiger charge is -2.08. The second kappa shape index (κ2) is 6.80. The molecule has 1 aromatic carbocycles. The molecule has 3 rings (SSSR count). The highest BCUT2D eigenvalue weighted by molar-refractivity contribution is 7.94. The Kier molecular flexibility index (Phi) is 4.75. The number of benzene rings is 1. The molecule has 1 N–H and O–H groups in total. The maximum atomic E-state index is 12.2. The monoisotopic (exact) mass is 380 g/mol. The molecule has 0 aliphatic carbocycles. The van der Waals surface area contributed by atoms with Gasteiger partial charge in [-0.05, 0) is 35.9 Å². The van der Waals surface area contributed by atoms with Gasteiger partial charge in [-0.2, -0.15) is 0 Å². The predicted molar refractivity (Wildman–Crippen MR) is 96.4 cm³/mol. The van der Waals surface area contributed by atoms with Gasteiger partial charge in [-0.25, -0.2) is 8.42 Å². The highest BCUT2D eigenvalue weighted by Crippen LogP contribution is 2.27. The van der Waals surface area contributed by atoms with Crippen LogP contribution in [-0.4, -0.2) is 13.0 Å². The number of nitrogens with one attached hydrogen (secondary N) is 1. The van der Waals surface area contributed by atoms with E-state index in [1.807, 2.05) is 0 Å². The zero-order valence-corrected chi connectivity index (χ0v) is 14.7. The van der Waals surface area contributed by atoms with Crippen LogP contribution in [0.4, 0.5) is 5.69 Å². The Labute approximate surface area is 148 Å². The number of sulfonamides is 1. The normalized spacial score (nSPS) is 11.4. The third kappa shape index (κ3) is 3.87. The summed E-state index contributed by atoms with van der Waals surface area (Å²) in [5.41, 5.74) is 1.26. The van der Waals surface area contributed by atoms with Gasteiger partial charge in [-0.1, -0.05) is 29.8 Å². The molecule has 0 fully saturated rings. The van der Waals surface area contributed by atoms with Crippen LogP contribution in [-0.2, 0) is 16.6 Å². The van der Waals surface area contributed by atoms with Crippen molar-refractivity contribution in [3.8, 4) is 0 Å². The summed E-state index contributed by atoms with van der Waals surface area (Å²) in [4.78, 5) is 11.7. The van der Waals surface area contributed by atoms with Gasteiger partial charge in [0.15, 0.2) is 0 Å². The molecule has 0 unspecified atom stereocenters. The van der Waals surface area contributed by atoms with Crippen LogP contribution < -0.4 is 10.3 Å². The number of nitrogens with zero attached hydrogens (tertiary/aromatic N) is 1. The van der Waals surface area contributed by atoms with Crippen molar-refractivity contribution in [3.63, 3.8) is 0 Å². The summed E-state index contributed by atoms with van der Waals surface area (Å²) in [7, 11) is -3.64. The number of rotatable bonds is 5. The first-order valence-electron chi connectivity index (χ1n) is 6.97. The topological polar surface area (TPSA) is 68.2 Å². The van der Waals surface area contributed by atoms with Crippen molar-refractivity contribution in [1.29, 1.82) is 0 Å². The number of aromatic nitrogens is 1. The summed E-state index contributed by atoms with van der Waals surface area (Å²) in [6, 6.07) is 14.9. The molecule has 2 aromatic heterocycles. The molecular weight excluding hydrogens is 368 g/mol. The zero-order chi connectivity index (χ0) is 17.2. The molecule has 0 saturated carbocycles. The molecule has 0 aliphatic heterocycles. The number of pyridine rings is 1. The second-order valence-corrected chi connectivity index (χ2v) is 8.65. The van der Waals surface area contributed by atoms with Crippen molar-refractivity contribution < 1.29 is 8.42 Å². The number of hydrogen-bond donors (Lipinski definition) is 1. The predicted octanol–water partition coefficient (Wildman–Crippen LogP) is 3.41. The van der Waals surface area contributed by atoms with E-state index in [2.05, 4.69) is 4.72 Å². The minimum atomic E-state index is -3.64. The van der Waals surface area contributed by atoms with Crippen LogP contribution in [0.25, 0.3) is 0 Å². The van der Waals surface area contributed by atoms with Crippen molar-refractivity contribution in [1.82, 2.24) is 4.57 Å². The summed E-state index contributed by atoms with van der Waals surface area (Å²) in [5.74, 6) is 0. The first kappa shape index (κ1) is 16.8. The lowest BCUT2D eigenvalue weighted by Crippen LogP contribution is -2.18. The molecular formula is C16H13ClN2O3S2. The van der Waals surface area contributed by atoms with Crippen LogP contribution in [0.15, 0.2) is 69.8 Å². The van der Waals surface area contributed by atoms with Crippen molar-refractivity contribution in [3.05, 3.63) is 81.0 Å². The molecule has 24 heavy (non-hydrogen) atoms. The van der Waals surface area contributed by atoms with E-state index in [1.54, 1.807) is 53.2 Å². The van der Waals surface area contributed by atoms with E-state index in [4.69, 9.17) is 11.6 Å². The van der Waals surface area contributed by atoms with Crippen molar-refractivity contribution in [2.45, 2.75) is 10.8 Å². The van der Waals surface area contributed by atoms with Crippen molar-refractivity contribution in [2.24, 2.45) is 0 Å². The fourth-order valence-electron chi connectivity index (χ4n) is 2.11. The Morgan fingerprint density at radius 2 is 1.79 bits per heavy atom. The quantitative estimate of drug-likeness (QED) is 0.737. The van der Waals surface area contributed by atoms with Gasteiger partial charge in [0, 0.05) is 18.0 Å². The number of hydrogen-bond acceptors (Lipinski definition) is 4. The Balaban J connectivity index is 1.75. The Bertz CT molecular complexity index is 1010. The maximum Gasteiger partial charge on any atom is 0.271 e. The van der Waals surface area contributed by atoms with Crippen LogP contribution in [0.3, 0.4) is 0 Å². The van der Waals surface area contributed by atoms with Gasteiger partial charge in [-0.15, -0.1) is 11.3 Å². The average molecular weight is 381 g/mol. The van der Waals surface area contributed by atoms with Crippen LogP contribution in [0, 0.1) is 0 Å². The Morgan fingerprint density at radius 1 is 1.04 bits per heavy atom. The van der Waals surface area contributed by atoms with Crippen molar-refractivity contribution in [2.75, 3.05) is 4.72 Å². The third-order valence-corrected chi connectivity index (χ3v) is 6.38. The largest absolute Gasteiger partial charge is 0.311 e. The molecule has 0 atom stereocenters. The van der Waals surface area contributed by atoms with Crippen LogP contribution in [0.2, 0.25) is 4.34 Å². The molecule has 8 heteroatoms. The highest BCUT2D eigenvalue weighted by atomic mass is 35.5. The van der Waals surface area contributed by atoms with E-state index in [0.717, 1.165) is 16.9 Å². The van der Waals surface area contributed by atoms with Gasteiger partial charge in [0.2, 0.25) is 0 Å². The summed E-state index contributed by atoms with van der Waals surface area (Å²) < 4.78 is 29.1. The van der Waals surface area contributed by atoms with Gasteiger partial charge in [0.25, 0.3) is 15.6 Å². The molecule has 0 radical (unpaired) electrons. The summed E-state index contributed by atoms with van der Waals surface area (Å²) in [6.07, 6.45) is 1.71. The molecule has 0 spiro atoms. The summed E-state index contributed by atoms with van der Waals surface area (Å²) in [6.45, 7) is 0.424. The van der Waals surface area contributed by atoms with Crippen LogP contribution in [0.5, 0.6) is 0 Å². The van der Waals surface area contributed by atoms with E-state index in [1.165, 1.54) is 12.1 Å². The molecule has 2 heterocycles. The smallest absolute Gasteiger partial charge is 0.271 e. The van der Waals surface area contributed by atoms with Crippen LogP contribution in [0.1, 0.15) is 5.56 Å². The SMILES string of the molecule is O=c1ccccn1Cc1ccc(NS(=O)(=O)c2ccc(Cl)s2)cc1. The first-order valence-corrected chi connectivity index (χ1v) is 9.64. The number of thiophene rings is 1. The van der Waals surface area contributed by atoms with Crippen LogP contribution >= 0.6 is 22.9 Å². The van der Waals surface area contributed by atoms with Crippen molar-refractivity contribution >= 4 is 38.6 Å². The molecule has 0 saturated heterocycles. The Hall–Kier alpha value is -2.09. The van der Waals surface area contributed by atoms with E-state index in [9.17, 15) is 13.2 Å². The van der Waals surface area contributed by atoms with E-state index in [-0.39, 0.29) is 9.77 Å². The molecule has 0 amide bonds. The zero-order valence-electron chi connectivity index (χ0n) is 12.3. The molecule has 0 aliphatic rings. The van der Waals surface area contributed by atoms with Gasteiger partial charge in [0.1, 0.15) is 4.21 Å². The number of halogens is 1. The van der Waals surface area contributed by atoms with Gasteiger partial charge >= 0.3 is 0 Å². The fraction of sp³-hybridized carbons (Fsp3) is 0.0625. The molecule has 0 bridgehead atoms. The first-order chi connectivity index (χ1) is 11.4. The standard InChI is InChI=1S/C16H13ClN2O3S2/c17-14-8-9-16(23-14)24(21,22)18-13-6-4-12(5-7-13)11-19-10-2-1-3-15(19)20/h1-10,18H,11H2. The third-order valence-electron chi connectivity index (χ3n) is 3.27. The number of anilines is 1. The Morgan fingerprint density at radius 3 is 2.42 bits per heavy atom. The minimum absolute atomic E-state index is 0.0862. The summed E-state index contributed by atoms with van der Waals surface area (Å²) >= 11 is 6.78. The average Bonchev–Trinajstić information content (AvgIpc) is 2.99. The lowest BCUT2D eigenvalue weighted by molar-refractivity contribution is 0.603. The maximum absolute atomic E-state index is 12.2. The van der Waals surface area contributed by atoms with E-state index in [0.29, 0.717) is 16.6 Å². The second-order valence-electron chi connectivity index (χ2n) is 5.03. The van der Waals surface area contributed by atoms with E-state index < -0.39 is 10.0 Å². The molecule has 3 aromatic rings.